The molecular weight excluding hydrogens is 353 g/mol. The van der Waals surface area contributed by atoms with E-state index in [0.29, 0.717) is 5.69 Å². The molecule has 0 atom stereocenters. The van der Waals surface area contributed by atoms with Gasteiger partial charge in [0.05, 0.1) is 5.56 Å². The summed E-state index contributed by atoms with van der Waals surface area (Å²) < 4.78 is 41.5. The first-order valence-electron chi connectivity index (χ1n) is 7.26. The van der Waals surface area contributed by atoms with Gasteiger partial charge in [0.25, 0.3) is 5.91 Å². The zero-order valence-electron chi connectivity index (χ0n) is 13.2. The molecule has 0 aliphatic rings. The molecule has 2 amide bonds. The quantitative estimate of drug-likeness (QED) is 0.797. The van der Waals surface area contributed by atoms with Crippen molar-refractivity contribution in [2.24, 2.45) is 0 Å². The Morgan fingerprint density at radius 1 is 0.885 bits per heavy atom. The summed E-state index contributed by atoms with van der Waals surface area (Å²) in [6, 6.07) is 13.2. The molecule has 2 aromatic rings. The number of hydrogen-bond acceptors (Lipinski definition) is 4. The topological polar surface area (TPSA) is 84.5 Å². The van der Waals surface area contributed by atoms with Crippen LogP contribution in [0.15, 0.2) is 54.6 Å². The Kier molecular flexibility index (Phi) is 5.94. The molecule has 0 aliphatic carbocycles. The molecule has 0 radical (unpaired) electrons. The van der Waals surface area contributed by atoms with E-state index in [0.717, 1.165) is 6.07 Å². The number of rotatable bonds is 5. The lowest BCUT2D eigenvalue weighted by Crippen LogP contribution is -2.30. The van der Waals surface area contributed by atoms with Gasteiger partial charge in [-0.2, -0.15) is 13.2 Å². The predicted octanol–water partition coefficient (Wildman–Crippen LogP) is 2.98. The molecule has 2 rings (SSSR count). The highest BCUT2D eigenvalue weighted by Gasteiger charge is 2.38. The number of ether oxygens (including phenoxy) is 1. The van der Waals surface area contributed by atoms with Gasteiger partial charge in [-0.15, -0.1) is 0 Å². The molecule has 0 spiro atoms. The highest BCUT2D eigenvalue weighted by molar-refractivity contribution is 5.98. The summed E-state index contributed by atoms with van der Waals surface area (Å²) in [7, 11) is 0. The van der Waals surface area contributed by atoms with Crippen molar-refractivity contribution >= 4 is 29.2 Å². The maximum Gasteiger partial charge on any atom is 0.471 e. The van der Waals surface area contributed by atoms with Gasteiger partial charge in [0.1, 0.15) is 0 Å². The summed E-state index contributed by atoms with van der Waals surface area (Å²) >= 11 is 0. The largest absolute Gasteiger partial charge is 0.471 e. The van der Waals surface area contributed by atoms with Gasteiger partial charge in [-0.05, 0) is 30.3 Å². The summed E-state index contributed by atoms with van der Waals surface area (Å²) in [6.45, 7) is -0.577. The van der Waals surface area contributed by atoms with Crippen molar-refractivity contribution in [3.63, 3.8) is 0 Å². The van der Waals surface area contributed by atoms with Gasteiger partial charge in [-0.3, -0.25) is 9.59 Å². The zero-order valence-corrected chi connectivity index (χ0v) is 13.2. The molecular formula is C17H13F3N2O4. The summed E-state index contributed by atoms with van der Waals surface area (Å²) in [5, 5.41) is 4.13. The summed E-state index contributed by atoms with van der Waals surface area (Å²) in [4.78, 5) is 34.5. The normalized spacial score (nSPS) is 10.7. The Bertz CT molecular complexity index is 807. The van der Waals surface area contributed by atoms with E-state index in [9.17, 15) is 27.6 Å². The molecule has 2 aromatic carbocycles. The number of amides is 2. The van der Waals surface area contributed by atoms with Gasteiger partial charge in [0.2, 0.25) is 0 Å². The van der Waals surface area contributed by atoms with Crippen molar-refractivity contribution in [1.29, 1.82) is 0 Å². The molecule has 0 fully saturated rings. The number of hydrogen-bond donors (Lipinski definition) is 2. The SMILES string of the molecule is O=C(COC(=O)c1cccc(NC(=O)C(F)(F)F)c1)Nc1ccccc1. The monoisotopic (exact) mass is 366 g/mol. The molecule has 26 heavy (non-hydrogen) atoms. The molecule has 0 heterocycles. The van der Waals surface area contributed by atoms with Crippen LogP contribution in [0.2, 0.25) is 0 Å². The number of nitrogens with one attached hydrogen (secondary N) is 2. The lowest BCUT2D eigenvalue weighted by molar-refractivity contribution is -0.167. The van der Waals surface area contributed by atoms with E-state index < -0.39 is 30.6 Å². The molecule has 0 aromatic heterocycles. The number of esters is 1. The summed E-state index contributed by atoms with van der Waals surface area (Å²) in [5.41, 5.74) is 0.179. The standard InChI is InChI=1S/C17H13F3N2O4/c18-17(19,20)16(25)22-13-8-4-5-11(9-13)15(24)26-10-14(23)21-12-6-2-1-3-7-12/h1-9H,10H2,(H,21,23)(H,22,25). The van der Waals surface area contributed by atoms with Crippen LogP contribution in [0.5, 0.6) is 0 Å². The smallest absolute Gasteiger partial charge is 0.452 e. The maximum atomic E-state index is 12.2. The summed E-state index contributed by atoms with van der Waals surface area (Å²) in [6.07, 6.45) is -5.05. The van der Waals surface area contributed by atoms with Crippen molar-refractivity contribution in [2.75, 3.05) is 17.2 Å². The van der Waals surface area contributed by atoms with E-state index in [-0.39, 0.29) is 11.3 Å². The minimum absolute atomic E-state index is 0.113. The van der Waals surface area contributed by atoms with Crippen molar-refractivity contribution in [2.45, 2.75) is 6.18 Å². The second-order valence-corrected chi connectivity index (χ2v) is 5.02. The fourth-order valence-electron chi connectivity index (χ4n) is 1.86. The minimum atomic E-state index is -5.05. The minimum Gasteiger partial charge on any atom is -0.452 e. The molecule has 2 N–H and O–H groups in total. The Morgan fingerprint density at radius 2 is 1.54 bits per heavy atom. The molecule has 0 bridgehead atoms. The first-order chi connectivity index (χ1) is 12.3. The van der Waals surface area contributed by atoms with Gasteiger partial charge in [-0.25, -0.2) is 4.79 Å². The average Bonchev–Trinajstić information content (AvgIpc) is 2.60. The Balaban J connectivity index is 1.92. The summed E-state index contributed by atoms with van der Waals surface area (Å²) in [5.74, 6) is -3.66. The van der Waals surface area contributed by atoms with Crippen LogP contribution in [-0.2, 0) is 14.3 Å². The van der Waals surface area contributed by atoms with Gasteiger partial charge in [0.15, 0.2) is 6.61 Å². The number of benzene rings is 2. The van der Waals surface area contributed by atoms with Crippen LogP contribution in [-0.4, -0.2) is 30.6 Å². The second kappa shape index (κ2) is 8.15. The van der Waals surface area contributed by atoms with Gasteiger partial charge in [0, 0.05) is 11.4 Å². The molecule has 0 saturated heterocycles. The van der Waals surface area contributed by atoms with E-state index in [1.54, 1.807) is 35.6 Å². The molecule has 0 saturated carbocycles. The average molecular weight is 366 g/mol. The number of anilines is 2. The zero-order chi connectivity index (χ0) is 19.2. The first-order valence-corrected chi connectivity index (χ1v) is 7.26. The van der Waals surface area contributed by atoms with Crippen molar-refractivity contribution in [3.8, 4) is 0 Å². The Labute approximate surface area is 146 Å². The van der Waals surface area contributed by atoms with Gasteiger partial charge < -0.3 is 15.4 Å². The van der Waals surface area contributed by atoms with E-state index in [1.807, 2.05) is 0 Å². The van der Waals surface area contributed by atoms with Crippen LogP contribution < -0.4 is 10.6 Å². The van der Waals surface area contributed by atoms with Crippen molar-refractivity contribution in [3.05, 3.63) is 60.2 Å². The van der Waals surface area contributed by atoms with E-state index in [1.165, 1.54) is 18.2 Å². The lowest BCUT2D eigenvalue weighted by atomic mass is 10.2. The molecule has 6 nitrogen and oxygen atoms in total. The van der Waals surface area contributed by atoms with Crippen LogP contribution in [0, 0.1) is 0 Å². The Morgan fingerprint density at radius 3 is 2.19 bits per heavy atom. The van der Waals surface area contributed by atoms with Gasteiger partial charge in [-0.1, -0.05) is 24.3 Å². The van der Waals surface area contributed by atoms with Crippen molar-refractivity contribution in [1.82, 2.24) is 0 Å². The number of carbonyl (C=O) groups excluding carboxylic acids is 3. The molecule has 9 heteroatoms. The van der Waals surface area contributed by atoms with Crippen LogP contribution in [0.1, 0.15) is 10.4 Å². The number of halogens is 3. The van der Waals surface area contributed by atoms with Crippen LogP contribution in [0.4, 0.5) is 24.5 Å². The van der Waals surface area contributed by atoms with Crippen LogP contribution in [0.3, 0.4) is 0 Å². The molecule has 0 aliphatic heterocycles. The highest BCUT2D eigenvalue weighted by Crippen LogP contribution is 2.19. The lowest BCUT2D eigenvalue weighted by Gasteiger charge is -2.09. The van der Waals surface area contributed by atoms with Crippen molar-refractivity contribution < 1.29 is 32.3 Å². The fraction of sp³-hybridized carbons (Fsp3) is 0.118. The molecule has 0 unspecified atom stereocenters. The fourth-order valence-corrected chi connectivity index (χ4v) is 1.86. The number of alkyl halides is 3. The third-order valence-electron chi connectivity index (χ3n) is 3.01. The van der Waals surface area contributed by atoms with E-state index in [4.69, 9.17) is 4.74 Å². The number of carbonyl (C=O) groups is 3. The van der Waals surface area contributed by atoms with Gasteiger partial charge >= 0.3 is 18.1 Å². The number of para-hydroxylation sites is 1. The van der Waals surface area contributed by atoms with Crippen LogP contribution in [0.25, 0.3) is 0 Å². The third-order valence-corrected chi connectivity index (χ3v) is 3.01. The van der Waals surface area contributed by atoms with E-state index in [2.05, 4.69) is 5.32 Å². The van der Waals surface area contributed by atoms with E-state index >= 15 is 0 Å². The first kappa shape index (κ1) is 19.0. The maximum absolute atomic E-state index is 12.2. The highest BCUT2D eigenvalue weighted by atomic mass is 19.4. The second-order valence-electron chi connectivity index (χ2n) is 5.02. The third kappa shape index (κ3) is 5.62. The van der Waals surface area contributed by atoms with Crippen LogP contribution >= 0.6 is 0 Å². The predicted molar refractivity (Wildman–Crippen MR) is 86.5 cm³/mol. The Hall–Kier alpha value is -3.36. The molecule has 136 valence electrons.